The van der Waals surface area contributed by atoms with Gasteiger partial charge in [-0.05, 0) is 56.1 Å². The highest BCUT2D eigenvalue weighted by atomic mass is 16.5. The van der Waals surface area contributed by atoms with E-state index in [0.29, 0.717) is 18.0 Å². The Morgan fingerprint density at radius 1 is 1.17 bits per heavy atom. The maximum Gasteiger partial charge on any atom is 0.254 e. The number of hydrogen-bond donors (Lipinski definition) is 2. The average molecular weight is 484 g/mol. The van der Waals surface area contributed by atoms with Crippen molar-refractivity contribution >= 4 is 23.1 Å². The molecule has 5 heterocycles. The van der Waals surface area contributed by atoms with Crippen LogP contribution in [0.5, 0.6) is 0 Å². The first-order valence-electron chi connectivity index (χ1n) is 12.3. The molecule has 184 valence electrons. The number of hydrogen-bond acceptors (Lipinski definition) is 7. The summed E-state index contributed by atoms with van der Waals surface area (Å²) in [5.74, 6) is 1.11. The van der Waals surface area contributed by atoms with Crippen molar-refractivity contribution in [2.45, 2.75) is 31.8 Å². The molecular formula is C27H29N7O2. The number of ether oxygens (including phenoxy) is 1. The van der Waals surface area contributed by atoms with E-state index in [9.17, 15) is 4.79 Å². The molecule has 0 radical (unpaired) electrons. The van der Waals surface area contributed by atoms with E-state index in [0.717, 1.165) is 72.3 Å². The molecule has 0 saturated carbocycles. The topological polar surface area (TPSA) is 96.7 Å². The monoisotopic (exact) mass is 483 g/mol. The van der Waals surface area contributed by atoms with Crippen molar-refractivity contribution < 1.29 is 9.53 Å². The standard InChI is InChI=1S/C27H29N7O2/c1-33(2)16-22-18(17-7-11-36-12-8-17)4-6-24(32-22)31-21-5-3-19(20-13-30-27(35)26(20)21)23-14-29-25-15-28-9-10-34(23)25/h3-6,9-10,14-15,17H,7-8,11-13,16H2,1-2H3,(H,30,35)(H,31,32). The maximum absolute atomic E-state index is 12.9. The maximum atomic E-state index is 12.9. The number of pyridine rings is 1. The third-order valence-corrected chi connectivity index (χ3v) is 6.96. The minimum atomic E-state index is -0.0859. The summed E-state index contributed by atoms with van der Waals surface area (Å²) in [5, 5.41) is 6.43. The van der Waals surface area contributed by atoms with Crippen molar-refractivity contribution in [1.29, 1.82) is 0 Å². The molecule has 2 aliphatic heterocycles. The van der Waals surface area contributed by atoms with Crippen LogP contribution in [0.4, 0.5) is 11.5 Å². The van der Waals surface area contributed by atoms with E-state index >= 15 is 0 Å². The van der Waals surface area contributed by atoms with E-state index in [1.165, 1.54) is 5.56 Å². The quantitative estimate of drug-likeness (QED) is 0.431. The summed E-state index contributed by atoms with van der Waals surface area (Å²) in [6.07, 6.45) is 9.21. The van der Waals surface area contributed by atoms with Crippen LogP contribution >= 0.6 is 0 Å². The number of fused-ring (bicyclic) bond motifs is 2. The molecule has 9 heteroatoms. The van der Waals surface area contributed by atoms with Gasteiger partial charge >= 0.3 is 0 Å². The van der Waals surface area contributed by atoms with Crippen LogP contribution in [0.15, 0.2) is 49.1 Å². The van der Waals surface area contributed by atoms with Gasteiger partial charge in [-0.3, -0.25) is 14.2 Å². The van der Waals surface area contributed by atoms with Gasteiger partial charge in [0.1, 0.15) is 5.82 Å². The summed E-state index contributed by atoms with van der Waals surface area (Å²) < 4.78 is 7.56. The summed E-state index contributed by atoms with van der Waals surface area (Å²) >= 11 is 0. The second kappa shape index (κ2) is 9.33. The van der Waals surface area contributed by atoms with E-state index in [4.69, 9.17) is 9.72 Å². The first kappa shape index (κ1) is 22.6. The van der Waals surface area contributed by atoms with Crippen molar-refractivity contribution in [1.82, 2.24) is 29.6 Å². The van der Waals surface area contributed by atoms with Crippen LogP contribution in [0, 0.1) is 0 Å². The fourth-order valence-electron chi connectivity index (χ4n) is 5.26. The highest BCUT2D eigenvalue weighted by molar-refractivity contribution is 6.06. The fraction of sp³-hybridized carbons (Fsp3) is 0.333. The Bertz CT molecular complexity index is 1440. The molecule has 1 amide bonds. The predicted molar refractivity (Wildman–Crippen MR) is 137 cm³/mol. The molecule has 0 atom stereocenters. The Labute approximate surface area is 209 Å². The zero-order valence-corrected chi connectivity index (χ0v) is 20.5. The molecule has 4 aromatic rings. The smallest absolute Gasteiger partial charge is 0.254 e. The normalized spacial score (nSPS) is 15.9. The van der Waals surface area contributed by atoms with Crippen LogP contribution in [-0.4, -0.2) is 57.5 Å². The van der Waals surface area contributed by atoms with Crippen LogP contribution in [-0.2, 0) is 17.8 Å². The zero-order chi connectivity index (χ0) is 24.6. The average Bonchev–Trinajstić information content (AvgIpc) is 3.49. The van der Waals surface area contributed by atoms with Crippen molar-refractivity contribution in [2.75, 3.05) is 32.6 Å². The molecule has 0 bridgehead atoms. The van der Waals surface area contributed by atoms with Crippen molar-refractivity contribution in [3.63, 3.8) is 0 Å². The number of nitrogens with one attached hydrogen (secondary N) is 2. The molecule has 1 saturated heterocycles. The predicted octanol–water partition coefficient (Wildman–Crippen LogP) is 3.73. The second-order valence-electron chi connectivity index (χ2n) is 9.63. The van der Waals surface area contributed by atoms with E-state index in [1.54, 1.807) is 12.4 Å². The molecule has 1 fully saturated rings. The lowest BCUT2D eigenvalue weighted by atomic mass is 9.90. The van der Waals surface area contributed by atoms with Gasteiger partial charge in [0.25, 0.3) is 5.91 Å². The summed E-state index contributed by atoms with van der Waals surface area (Å²) in [7, 11) is 4.11. The van der Waals surface area contributed by atoms with Gasteiger partial charge < -0.3 is 20.3 Å². The number of aromatic nitrogens is 4. The van der Waals surface area contributed by atoms with Gasteiger partial charge in [0.15, 0.2) is 5.65 Å². The SMILES string of the molecule is CN(C)Cc1nc(Nc2ccc(-c3cnc4cnccn34)c3c2C(=O)NC3)ccc1C1CCOCC1. The van der Waals surface area contributed by atoms with E-state index in [1.807, 2.05) is 35.0 Å². The number of carbonyl (C=O) groups is 1. The number of rotatable bonds is 6. The summed E-state index contributed by atoms with van der Waals surface area (Å²) in [6, 6.07) is 8.21. The van der Waals surface area contributed by atoms with Crippen molar-refractivity contribution in [2.24, 2.45) is 0 Å². The molecule has 36 heavy (non-hydrogen) atoms. The van der Waals surface area contributed by atoms with Crippen LogP contribution in [0.2, 0.25) is 0 Å². The number of anilines is 2. The Kier molecular flexibility index (Phi) is 5.86. The van der Waals surface area contributed by atoms with Gasteiger partial charge in [0.05, 0.1) is 35.0 Å². The number of nitrogens with zero attached hydrogens (tertiary/aromatic N) is 5. The third kappa shape index (κ3) is 4.10. The van der Waals surface area contributed by atoms with Crippen LogP contribution < -0.4 is 10.6 Å². The van der Waals surface area contributed by atoms with Crippen LogP contribution in [0.1, 0.15) is 45.9 Å². The highest BCUT2D eigenvalue weighted by Crippen LogP contribution is 2.36. The molecular weight excluding hydrogens is 454 g/mol. The van der Waals surface area contributed by atoms with E-state index < -0.39 is 0 Å². The van der Waals surface area contributed by atoms with E-state index in [-0.39, 0.29) is 5.91 Å². The van der Waals surface area contributed by atoms with Gasteiger partial charge in [0.2, 0.25) is 0 Å². The summed E-state index contributed by atoms with van der Waals surface area (Å²) in [6.45, 7) is 2.81. The Morgan fingerprint density at radius 2 is 2.03 bits per heavy atom. The first-order valence-corrected chi connectivity index (χ1v) is 12.3. The molecule has 2 N–H and O–H groups in total. The zero-order valence-electron chi connectivity index (χ0n) is 20.5. The third-order valence-electron chi connectivity index (χ3n) is 6.96. The first-order chi connectivity index (χ1) is 17.6. The lowest BCUT2D eigenvalue weighted by molar-refractivity contribution is 0.0849. The molecule has 3 aromatic heterocycles. The largest absolute Gasteiger partial charge is 0.381 e. The lowest BCUT2D eigenvalue weighted by Crippen LogP contribution is -2.19. The Hall–Kier alpha value is -3.82. The molecule has 0 spiro atoms. The lowest BCUT2D eigenvalue weighted by Gasteiger charge is -2.25. The summed E-state index contributed by atoms with van der Waals surface area (Å²) in [5.41, 5.74) is 7.39. The van der Waals surface area contributed by atoms with Gasteiger partial charge in [-0.1, -0.05) is 12.1 Å². The minimum absolute atomic E-state index is 0.0859. The van der Waals surface area contributed by atoms with Gasteiger partial charge in [-0.2, -0.15) is 0 Å². The second-order valence-corrected chi connectivity index (χ2v) is 9.63. The molecule has 9 nitrogen and oxygen atoms in total. The van der Waals surface area contributed by atoms with Crippen molar-refractivity contribution in [3.8, 4) is 11.3 Å². The number of benzene rings is 1. The number of amides is 1. The fourth-order valence-corrected chi connectivity index (χ4v) is 5.26. The van der Waals surface area contributed by atoms with Gasteiger partial charge in [-0.15, -0.1) is 0 Å². The molecule has 0 unspecified atom stereocenters. The number of imidazole rings is 1. The molecule has 0 aliphatic carbocycles. The minimum Gasteiger partial charge on any atom is -0.381 e. The van der Waals surface area contributed by atoms with Crippen LogP contribution in [0.3, 0.4) is 0 Å². The van der Waals surface area contributed by atoms with Gasteiger partial charge in [0, 0.05) is 44.3 Å². The van der Waals surface area contributed by atoms with Crippen molar-refractivity contribution in [3.05, 3.63) is 71.4 Å². The van der Waals surface area contributed by atoms with Crippen LogP contribution in [0.25, 0.3) is 16.9 Å². The molecule has 2 aliphatic rings. The van der Waals surface area contributed by atoms with E-state index in [2.05, 4.69) is 45.7 Å². The molecule has 1 aromatic carbocycles. The Balaban J connectivity index is 1.37. The number of carbonyl (C=O) groups excluding carboxylic acids is 1. The Morgan fingerprint density at radius 3 is 2.86 bits per heavy atom. The highest BCUT2D eigenvalue weighted by Gasteiger charge is 2.27. The van der Waals surface area contributed by atoms with Gasteiger partial charge in [-0.25, -0.2) is 9.97 Å². The molecule has 6 rings (SSSR count). The summed E-state index contributed by atoms with van der Waals surface area (Å²) in [4.78, 5) is 28.7.